The maximum Gasteiger partial charge on any atom is 0.326 e. The molecular weight excluding hydrogens is 241 g/mol. The van der Waals surface area contributed by atoms with E-state index < -0.39 is 11.8 Å². The molecule has 96 valence electrons. The number of carbonyl (C=O) groups is 2. The van der Waals surface area contributed by atoms with Crippen molar-refractivity contribution in [1.82, 2.24) is 0 Å². The molecule has 5 nitrogen and oxygen atoms in total. The molecule has 1 aromatic carbocycles. The van der Waals surface area contributed by atoms with Crippen molar-refractivity contribution in [1.29, 1.82) is 0 Å². The Morgan fingerprint density at radius 2 is 2.33 bits per heavy atom. The second kappa shape index (κ2) is 5.03. The van der Waals surface area contributed by atoms with Gasteiger partial charge in [0.1, 0.15) is 18.1 Å². The number of hydrogen-bond acceptors (Lipinski definition) is 4. The van der Waals surface area contributed by atoms with Crippen LogP contribution in [0.5, 0.6) is 5.75 Å². The van der Waals surface area contributed by atoms with Crippen molar-refractivity contribution in [2.24, 2.45) is 0 Å². The lowest BCUT2D eigenvalue weighted by atomic mass is 10.2. The van der Waals surface area contributed by atoms with Crippen molar-refractivity contribution in [2.75, 3.05) is 24.7 Å². The van der Waals surface area contributed by atoms with Crippen LogP contribution in [0.3, 0.4) is 0 Å². The third kappa shape index (κ3) is 2.42. The van der Waals surface area contributed by atoms with Crippen LogP contribution in [0.1, 0.15) is 6.92 Å². The van der Waals surface area contributed by atoms with E-state index in [-0.39, 0.29) is 31.4 Å². The van der Waals surface area contributed by atoms with Crippen molar-refractivity contribution in [3.05, 3.63) is 24.0 Å². The molecule has 0 N–H and O–H groups in total. The maximum absolute atomic E-state index is 13.0. The normalized spacial score (nSPS) is 13.9. The van der Waals surface area contributed by atoms with Gasteiger partial charge < -0.3 is 9.47 Å². The van der Waals surface area contributed by atoms with E-state index in [1.54, 1.807) is 6.92 Å². The fraction of sp³-hybridized carbons (Fsp3) is 0.333. The quantitative estimate of drug-likeness (QED) is 0.757. The molecular formula is C12H12FNO4. The number of amides is 1. The van der Waals surface area contributed by atoms with Crippen LogP contribution in [0.15, 0.2) is 18.2 Å². The Bertz CT molecular complexity index is 489. The molecule has 1 aliphatic heterocycles. The second-order valence-corrected chi connectivity index (χ2v) is 3.69. The first-order valence-electron chi connectivity index (χ1n) is 5.50. The topological polar surface area (TPSA) is 55.8 Å². The predicted molar refractivity (Wildman–Crippen MR) is 60.9 cm³/mol. The van der Waals surface area contributed by atoms with Crippen LogP contribution in [-0.4, -0.2) is 31.6 Å². The number of nitrogens with zero attached hydrogens (tertiary/aromatic N) is 1. The zero-order chi connectivity index (χ0) is 13.1. The molecule has 0 aromatic heterocycles. The summed E-state index contributed by atoms with van der Waals surface area (Å²) in [7, 11) is 0. The van der Waals surface area contributed by atoms with Gasteiger partial charge in [-0.15, -0.1) is 0 Å². The minimum Gasteiger partial charge on any atom is -0.481 e. The molecule has 0 unspecified atom stereocenters. The summed E-state index contributed by atoms with van der Waals surface area (Å²) in [6, 6.07) is 3.79. The van der Waals surface area contributed by atoms with Gasteiger partial charge in [0.05, 0.1) is 12.3 Å². The van der Waals surface area contributed by atoms with E-state index in [4.69, 9.17) is 9.47 Å². The van der Waals surface area contributed by atoms with Gasteiger partial charge in [-0.25, -0.2) is 4.39 Å². The van der Waals surface area contributed by atoms with Crippen molar-refractivity contribution >= 4 is 17.6 Å². The Labute approximate surface area is 103 Å². The first-order chi connectivity index (χ1) is 8.61. The first kappa shape index (κ1) is 12.3. The molecule has 0 saturated heterocycles. The monoisotopic (exact) mass is 253 g/mol. The zero-order valence-electron chi connectivity index (χ0n) is 9.81. The average molecular weight is 253 g/mol. The Morgan fingerprint density at radius 1 is 1.56 bits per heavy atom. The summed E-state index contributed by atoms with van der Waals surface area (Å²) in [6.07, 6.45) is 0. The van der Waals surface area contributed by atoms with Crippen LogP contribution in [0, 0.1) is 5.82 Å². The molecule has 18 heavy (non-hydrogen) atoms. The number of fused-ring (bicyclic) bond motifs is 1. The largest absolute Gasteiger partial charge is 0.481 e. The fourth-order valence-electron chi connectivity index (χ4n) is 1.69. The molecule has 6 heteroatoms. The summed E-state index contributed by atoms with van der Waals surface area (Å²) in [5.74, 6) is -1.08. The fourth-order valence-corrected chi connectivity index (χ4v) is 1.69. The van der Waals surface area contributed by atoms with Gasteiger partial charge in [-0.3, -0.25) is 14.5 Å². The van der Waals surface area contributed by atoms with Gasteiger partial charge >= 0.3 is 5.97 Å². The van der Waals surface area contributed by atoms with Crippen molar-refractivity contribution in [3.63, 3.8) is 0 Å². The molecule has 2 rings (SSSR count). The Morgan fingerprint density at radius 3 is 3.06 bits per heavy atom. The van der Waals surface area contributed by atoms with Crippen molar-refractivity contribution in [3.8, 4) is 5.75 Å². The first-order valence-corrected chi connectivity index (χ1v) is 5.50. The van der Waals surface area contributed by atoms with E-state index in [1.807, 2.05) is 0 Å². The molecule has 0 radical (unpaired) electrons. The lowest BCUT2D eigenvalue weighted by Gasteiger charge is -2.28. The van der Waals surface area contributed by atoms with Crippen molar-refractivity contribution in [2.45, 2.75) is 6.92 Å². The van der Waals surface area contributed by atoms with Crippen LogP contribution in [0.4, 0.5) is 10.1 Å². The number of halogens is 1. The molecule has 0 spiro atoms. The molecule has 0 fully saturated rings. The molecule has 0 atom stereocenters. The predicted octanol–water partition coefficient (Wildman–Crippen LogP) is 1.11. The number of carbonyl (C=O) groups excluding carboxylic acids is 2. The SMILES string of the molecule is CCOC(=O)CN1C(=O)COc2cc(F)ccc21. The van der Waals surface area contributed by atoms with Gasteiger partial charge in [0, 0.05) is 6.07 Å². The second-order valence-electron chi connectivity index (χ2n) is 3.69. The molecule has 0 bridgehead atoms. The van der Waals surface area contributed by atoms with Crippen LogP contribution in [-0.2, 0) is 14.3 Å². The molecule has 1 amide bonds. The Hall–Kier alpha value is -2.11. The van der Waals surface area contributed by atoms with E-state index in [0.29, 0.717) is 5.69 Å². The summed E-state index contributed by atoms with van der Waals surface area (Å²) >= 11 is 0. The molecule has 0 aliphatic carbocycles. The highest BCUT2D eigenvalue weighted by Crippen LogP contribution is 2.32. The number of esters is 1. The van der Waals surface area contributed by atoms with Gasteiger partial charge in [-0.05, 0) is 19.1 Å². The number of benzene rings is 1. The molecule has 1 aromatic rings. The highest BCUT2D eigenvalue weighted by atomic mass is 19.1. The van der Waals surface area contributed by atoms with Crippen LogP contribution in [0.2, 0.25) is 0 Å². The summed E-state index contributed by atoms with van der Waals surface area (Å²) in [5.41, 5.74) is 0.376. The molecule has 1 aliphatic rings. The Kier molecular flexibility index (Phi) is 3.45. The lowest BCUT2D eigenvalue weighted by molar-refractivity contribution is -0.142. The average Bonchev–Trinajstić information content (AvgIpc) is 2.33. The standard InChI is InChI=1S/C12H12FNO4/c1-2-17-12(16)6-14-9-4-3-8(13)5-10(9)18-7-11(14)15/h3-5H,2,6-7H2,1H3. The number of rotatable bonds is 3. The van der Waals surface area contributed by atoms with Gasteiger partial charge in [0.15, 0.2) is 6.61 Å². The number of ether oxygens (including phenoxy) is 2. The third-order valence-corrected chi connectivity index (χ3v) is 2.46. The van der Waals surface area contributed by atoms with E-state index in [0.717, 1.165) is 0 Å². The Balaban J connectivity index is 2.25. The minimum atomic E-state index is -0.511. The van der Waals surface area contributed by atoms with E-state index in [1.165, 1.54) is 23.1 Å². The van der Waals surface area contributed by atoms with Gasteiger partial charge in [0.2, 0.25) is 0 Å². The summed E-state index contributed by atoms with van der Waals surface area (Å²) in [6.45, 7) is 1.51. The maximum atomic E-state index is 13.0. The van der Waals surface area contributed by atoms with Gasteiger partial charge in [-0.1, -0.05) is 0 Å². The van der Waals surface area contributed by atoms with Gasteiger partial charge in [0.25, 0.3) is 5.91 Å². The third-order valence-electron chi connectivity index (χ3n) is 2.46. The van der Waals surface area contributed by atoms with Crippen LogP contribution < -0.4 is 9.64 Å². The highest BCUT2D eigenvalue weighted by Gasteiger charge is 2.27. The smallest absolute Gasteiger partial charge is 0.326 e. The van der Waals surface area contributed by atoms with Crippen LogP contribution >= 0.6 is 0 Å². The van der Waals surface area contributed by atoms with E-state index in [9.17, 15) is 14.0 Å². The summed E-state index contributed by atoms with van der Waals surface area (Å²) in [4.78, 5) is 24.3. The van der Waals surface area contributed by atoms with E-state index in [2.05, 4.69) is 0 Å². The minimum absolute atomic E-state index is 0.200. The van der Waals surface area contributed by atoms with Crippen molar-refractivity contribution < 1.29 is 23.5 Å². The molecule has 1 heterocycles. The number of anilines is 1. The zero-order valence-corrected chi connectivity index (χ0v) is 9.81. The summed E-state index contributed by atoms with van der Waals surface area (Å²) < 4.78 is 22.9. The molecule has 0 saturated carbocycles. The number of hydrogen-bond donors (Lipinski definition) is 0. The lowest BCUT2D eigenvalue weighted by Crippen LogP contribution is -2.42. The van der Waals surface area contributed by atoms with Gasteiger partial charge in [-0.2, -0.15) is 0 Å². The highest BCUT2D eigenvalue weighted by molar-refractivity contribution is 6.01. The summed E-state index contributed by atoms with van der Waals surface area (Å²) in [5, 5.41) is 0. The van der Waals surface area contributed by atoms with E-state index >= 15 is 0 Å². The van der Waals surface area contributed by atoms with Crippen LogP contribution in [0.25, 0.3) is 0 Å².